The van der Waals surface area contributed by atoms with Crippen molar-refractivity contribution in [3.63, 3.8) is 0 Å². The van der Waals surface area contributed by atoms with Crippen molar-refractivity contribution in [3.05, 3.63) is 59.0 Å². The summed E-state index contributed by atoms with van der Waals surface area (Å²) in [4.78, 5) is 0. The van der Waals surface area contributed by atoms with Gasteiger partial charge in [-0.1, -0.05) is 23.7 Å². The second kappa shape index (κ2) is 3.86. The zero-order valence-corrected chi connectivity index (χ0v) is 8.24. The number of hydrogen-bond donors (Lipinski definition) is 1. The van der Waals surface area contributed by atoms with Crippen molar-refractivity contribution >= 4 is 11.6 Å². The van der Waals surface area contributed by atoms with Gasteiger partial charge in [0.1, 0.15) is 5.76 Å². The van der Waals surface area contributed by atoms with E-state index < -0.39 is 0 Å². The number of furan rings is 1. The van der Waals surface area contributed by atoms with Gasteiger partial charge in [0.15, 0.2) is 0 Å². The Hall–Kier alpha value is -1.25. The molecule has 0 bridgehead atoms. The third kappa shape index (κ3) is 1.81. The second-order valence-electron chi connectivity index (χ2n) is 3.05. The van der Waals surface area contributed by atoms with Crippen molar-refractivity contribution in [1.29, 1.82) is 0 Å². The van der Waals surface area contributed by atoms with Crippen molar-refractivity contribution < 1.29 is 4.42 Å². The molecule has 0 aliphatic rings. The standard InChI is InChI=1S/C11H10ClNO/c12-9-4-1-3-8(7-9)11(13)10-5-2-6-14-10/h1-7,11H,13H2. The summed E-state index contributed by atoms with van der Waals surface area (Å²) >= 11 is 5.86. The van der Waals surface area contributed by atoms with E-state index in [-0.39, 0.29) is 6.04 Å². The zero-order chi connectivity index (χ0) is 9.97. The molecule has 2 aromatic rings. The molecule has 2 nitrogen and oxygen atoms in total. The Morgan fingerprint density at radius 3 is 2.71 bits per heavy atom. The van der Waals surface area contributed by atoms with Crippen LogP contribution in [0.1, 0.15) is 17.4 Å². The van der Waals surface area contributed by atoms with Gasteiger partial charge < -0.3 is 10.2 Å². The Balaban J connectivity index is 2.32. The Morgan fingerprint density at radius 2 is 2.07 bits per heavy atom. The maximum absolute atomic E-state index is 5.98. The average molecular weight is 208 g/mol. The number of benzene rings is 1. The Labute approximate surface area is 87.3 Å². The minimum atomic E-state index is -0.247. The monoisotopic (exact) mass is 207 g/mol. The smallest absolute Gasteiger partial charge is 0.124 e. The van der Waals surface area contributed by atoms with Gasteiger partial charge in [-0.05, 0) is 29.8 Å². The maximum atomic E-state index is 5.98. The lowest BCUT2D eigenvalue weighted by molar-refractivity contribution is 0.490. The molecule has 1 heterocycles. The molecule has 1 unspecified atom stereocenters. The molecule has 0 aliphatic heterocycles. The SMILES string of the molecule is NC(c1cccc(Cl)c1)c1ccco1. The molecular formula is C11H10ClNO. The van der Waals surface area contributed by atoms with Crippen LogP contribution in [0, 0.1) is 0 Å². The van der Waals surface area contributed by atoms with Crippen molar-refractivity contribution in [1.82, 2.24) is 0 Å². The van der Waals surface area contributed by atoms with Crippen LogP contribution in [0.3, 0.4) is 0 Å². The van der Waals surface area contributed by atoms with E-state index in [1.807, 2.05) is 36.4 Å². The fraction of sp³-hybridized carbons (Fsp3) is 0.0909. The maximum Gasteiger partial charge on any atom is 0.124 e. The molecule has 1 aromatic heterocycles. The minimum Gasteiger partial charge on any atom is -0.467 e. The Bertz CT molecular complexity index is 411. The molecule has 0 fully saturated rings. The molecular weight excluding hydrogens is 198 g/mol. The summed E-state index contributed by atoms with van der Waals surface area (Å²) in [5, 5.41) is 0.685. The Morgan fingerprint density at radius 1 is 1.21 bits per heavy atom. The first-order valence-electron chi connectivity index (χ1n) is 4.32. The molecule has 2 N–H and O–H groups in total. The minimum absolute atomic E-state index is 0.247. The first-order chi connectivity index (χ1) is 6.77. The van der Waals surface area contributed by atoms with E-state index in [9.17, 15) is 0 Å². The molecule has 1 atom stereocenters. The van der Waals surface area contributed by atoms with E-state index in [1.165, 1.54) is 0 Å². The van der Waals surface area contributed by atoms with Crippen LogP contribution in [0.15, 0.2) is 47.1 Å². The number of halogens is 1. The highest BCUT2D eigenvalue weighted by Crippen LogP contribution is 2.22. The van der Waals surface area contributed by atoms with Crippen LogP contribution in [-0.2, 0) is 0 Å². The topological polar surface area (TPSA) is 39.2 Å². The molecule has 72 valence electrons. The fourth-order valence-corrected chi connectivity index (χ4v) is 1.53. The van der Waals surface area contributed by atoms with Gasteiger partial charge in [0, 0.05) is 5.02 Å². The fourth-order valence-electron chi connectivity index (χ4n) is 1.33. The molecule has 0 saturated heterocycles. The van der Waals surface area contributed by atoms with Gasteiger partial charge in [-0.25, -0.2) is 0 Å². The van der Waals surface area contributed by atoms with E-state index in [0.717, 1.165) is 11.3 Å². The number of hydrogen-bond acceptors (Lipinski definition) is 2. The van der Waals surface area contributed by atoms with Crippen molar-refractivity contribution in [2.75, 3.05) is 0 Å². The summed E-state index contributed by atoms with van der Waals surface area (Å²) in [5.41, 5.74) is 6.93. The van der Waals surface area contributed by atoms with E-state index >= 15 is 0 Å². The molecule has 0 radical (unpaired) electrons. The normalized spacial score (nSPS) is 12.7. The predicted octanol–water partition coefficient (Wildman–Crippen LogP) is 2.98. The Kier molecular flexibility index (Phi) is 2.57. The first kappa shape index (κ1) is 9.31. The van der Waals surface area contributed by atoms with Gasteiger partial charge in [-0.2, -0.15) is 0 Å². The molecule has 0 saturated carbocycles. The summed E-state index contributed by atoms with van der Waals surface area (Å²) in [6, 6.07) is 10.9. The van der Waals surface area contributed by atoms with Crippen LogP contribution >= 0.6 is 11.6 Å². The average Bonchev–Trinajstić information content (AvgIpc) is 2.69. The van der Waals surface area contributed by atoms with Crippen LogP contribution in [0.4, 0.5) is 0 Å². The number of nitrogens with two attached hydrogens (primary N) is 1. The molecule has 2 rings (SSSR count). The van der Waals surface area contributed by atoms with E-state index in [1.54, 1.807) is 6.26 Å². The summed E-state index contributed by atoms with van der Waals surface area (Å²) in [5.74, 6) is 0.743. The van der Waals surface area contributed by atoms with Crippen LogP contribution in [0.25, 0.3) is 0 Å². The lowest BCUT2D eigenvalue weighted by Gasteiger charge is -2.08. The molecule has 0 aliphatic carbocycles. The van der Waals surface area contributed by atoms with Gasteiger partial charge in [-0.3, -0.25) is 0 Å². The van der Waals surface area contributed by atoms with Crippen molar-refractivity contribution in [2.45, 2.75) is 6.04 Å². The lowest BCUT2D eigenvalue weighted by atomic mass is 10.1. The predicted molar refractivity (Wildman–Crippen MR) is 56.2 cm³/mol. The second-order valence-corrected chi connectivity index (χ2v) is 3.48. The molecule has 3 heteroatoms. The van der Waals surface area contributed by atoms with Crippen LogP contribution < -0.4 is 5.73 Å². The molecule has 14 heavy (non-hydrogen) atoms. The van der Waals surface area contributed by atoms with E-state index in [2.05, 4.69) is 0 Å². The van der Waals surface area contributed by atoms with E-state index in [0.29, 0.717) is 5.02 Å². The summed E-state index contributed by atoms with van der Waals surface area (Å²) in [7, 11) is 0. The molecule has 1 aromatic carbocycles. The highest BCUT2D eigenvalue weighted by molar-refractivity contribution is 6.30. The first-order valence-corrected chi connectivity index (χ1v) is 4.69. The van der Waals surface area contributed by atoms with Gasteiger partial charge in [0.2, 0.25) is 0 Å². The zero-order valence-electron chi connectivity index (χ0n) is 7.48. The highest BCUT2D eigenvalue weighted by Gasteiger charge is 2.11. The van der Waals surface area contributed by atoms with Crippen molar-refractivity contribution in [3.8, 4) is 0 Å². The quantitative estimate of drug-likeness (QED) is 0.823. The molecule has 0 spiro atoms. The summed E-state index contributed by atoms with van der Waals surface area (Å²) in [6.45, 7) is 0. The number of rotatable bonds is 2. The van der Waals surface area contributed by atoms with Gasteiger partial charge in [-0.15, -0.1) is 0 Å². The van der Waals surface area contributed by atoms with Crippen molar-refractivity contribution in [2.24, 2.45) is 5.73 Å². The third-order valence-electron chi connectivity index (χ3n) is 2.06. The molecule has 0 amide bonds. The summed E-state index contributed by atoms with van der Waals surface area (Å²) in [6.07, 6.45) is 1.61. The van der Waals surface area contributed by atoms with Gasteiger partial charge >= 0.3 is 0 Å². The lowest BCUT2D eigenvalue weighted by Crippen LogP contribution is -2.10. The van der Waals surface area contributed by atoms with Crippen LogP contribution in [0.2, 0.25) is 5.02 Å². The third-order valence-corrected chi connectivity index (χ3v) is 2.29. The van der Waals surface area contributed by atoms with Gasteiger partial charge in [0.05, 0.1) is 12.3 Å². The van der Waals surface area contributed by atoms with Gasteiger partial charge in [0.25, 0.3) is 0 Å². The van der Waals surface area contributed by atoms with E-state index in [4.69, 9.17) is 21.8 Å². The van der Waals surface area contributed by atoms with Crippen LogP contribution in [-0.4, -0.2) is 0 Å². The summed E-state index contributed by atoms with van der Waals surface area (Å²) < 4.78 is 5.22. The van der Waals surface area contributed by atoms with Crippen LogP contribution in [0.5, 0.6) is 0 Å². The highest BCUT2D eigenvalue weighted by atomic mass is 35.5. The largest absolute Gasteiger partial charge is 0.467 e.